The van der Waals surface area contributed by atoms with Gasteiger partial charge in [-0.3, -0.25) is 4.99 Å². The first kappa shape index (κ1) is 12.5. The molecule has 0 bridgehead atoms. The summed E-state index contributed by atoms with van der Waals surface area (Å²) in [7, 11) is 0. The second kappa shape index (κ2) is 7.65. The molecule has 4 heteroatoms. The minimum atomic E-state index is 0.778. The van der Waals surface area contributed by atoms with Crippen LogP contribution in [0.3, 0.4) is 0 Å². The maximum atomic E-state index is 5.34. The van der Waals surface area contributed by atoms with Gasteiger partial charge in [-0.05, 0) is 13.8 Å². The number of hydrogen-bond donors (Lipinski definition) is 0. The van der Waals surface area contributed by atoms with Crippen molar-refractivity contribution < 1.29 is 9.47 Å². The van der Waals surface area contributed by atoms with Gasteiger partial charge in [0.2, 0.25) is 0 Å². The Morgan fingerprint density at radius 3 is 2.67 bits per heavy atom. The molecule has 0 aliphatic carbocycles. The number of ether oxygens (including phenoxy) is 2. The molecule has 0 radical (unpaired) electrons. The highest BCUT2D eigenvalue weighted by molar-refractivity contribution is 5.83. The second-order valence-corrected chi connectivity index (χ2v) is 3.43. The molecule has 1 heterocycles. The summed E-state index contributed by atoms with van der Waals surface area (Å²) in [6, 6.07) is 0. The lowest BCUT2D eigenvalue weighted by molar-refractivity contribution is 0.131. The van der Waals surface area contributed by atoms with E-state index in [9.17, 15) is 0 Å². The van der Waals surface area contributed by atoms with Crippen LogP contribution in [0.1, 0.15) is 20.3 Å². The van der Waals surface area contributed by atoms with Crippen LogP contribution in [0.25, 0.3) is 0 Å². The van der Waals surface area contributed by atoms with Crippen LogP contribution in [0.15, 0.2) is 4.99 Å². The molecule has 15 heavy (non-hydrogen) atoms. The fraction of sp³-hybridized carbons (Fsp3) is 0.909. The molecule has 4 nitrogen and oxygen atoms in total. The van der Waals surface area contributed by atoms with E-state index in [4.69, 9.17) is 9.47 Å². The number of nitrogens with zero attached hydrogens (tertiary/aromatic N) is 2. The van der Waals surface area contributed by atoms with Gasteiger partial charge in [0.25, 0.3) is 0 Å². The summed E-state index contributed by atoms with van der Waals surface area (Å²) in [5, 5.41) is 0. The maximum absolute atomic E-state index is 5.34. The molecule has 0 atom stereocenters. The van der Waals surface area contributed by atoms with Crippen molar-refractivity contribution >= 4 is 5.84 Å². The Hall–Kier alpha value is -0.610. The lowest BCUT2D eigenvalue weighted by Gasteiger charge is -2.19. The van der Waals surface area contributed by atoms with Crippen molar-refractivity contribution in [2.75, 3.05) is 46.1 Å². The van der Waals surface area contributed by atoms with Crippen LogP contribution in [0, 0.1) is 0 Å². The molecule has 0 aromatic rings. The van der Waals surface area contributed by atoms with E-state index in [-0.39, 0.29) is 0 Å². The summed E-state index contributed by atoms with van der Waals surface area (Å²) >= 11 is 0. The first-order valence-electron chi connectivity index (χ1n) is 5.82. The first-order valence-corrected chi connectivity index (χ1v) is 5.82. The van der Waals surface area contributed by atoms with Crippen molar-refractivity contribution in [3.05, 3.63) is 0 Å². The zero-order chi connectivity index (χ0) is 10.9. The largest absolute Gasteiger partial charge is 0.381 e. The summed E-state index contributed by atoms with van der Waals surface area (Å²) < 4.78 is 10.7. The summed E-state index contributed by atoms with van der Waals surface area (Å²) in [4.78, 5) is 6.77. The van der Waals surface area contributed by atoms with Gasteiger partial charge in [-0.25, -0.2) is 0 Å². The fourth-order valence-electron chi connectivity index (χ4n) is 1.63. The van der Waals surface area contributed by atoms with E-state index < -0.39 is 0 Å². The van der Waals surface area contributed by atoms with Crippen molar-refractivity contribution in [3.63, 3.8) is 0 Å². The van der Waals surface area contributed by atoms with Crippen LogP contribution in [0.5, 0.6) is 0 Å². The topological polar surface area (TPSA) is 34.1 Å². The van der Waals surface area contributed by atoms with Crippen molar-refractivity contribution in [1.29, 1.82) is 0 Å². The Bertz CT molecular complexity index is 195. The monoisotopic (exact) mass is 214 g/mol. The van der Waals surface area contributed by atoms with Crippen molar-refractivity contribution in [2.45, 2.75) is 20.3 Å². The van der Waals surface area contributed by atoms with Gasteiger partial charge in [0.1, 0.15) is 5.84 Å². The van der Waals surface area contributed by atoms with Gasteiger partial charge in [0, 0.05) is 32.7 Å². The molecule has 0 unspecified atom stereocenters. The van der Waals surface area contributed by atoms with E-state index in [0.29, 0.717) is 0 Å². The van der Waals surface area contributed by atoms with E-state index in [2.05, 4.69) is 9.89 Å². The predicted octanol–water partition coefficient (Wildman–Crippen LogP) is 1.16. The molecule has 1 aliphatic rings. The summed E-state index contributed by atoms with van der Waals surface area (Å²) in [6.45, 7) is 10.1. The summed E-state index contributed by atoms with van der Waals surface area (Å²) in [6.07, 6.45) is 0.931. The highest BCUT2D eigenvalue weighted by Crippen LogP contribution is 2.05. The summed E-state index contributed by atoms with van der Waals surface area (Å²) in [5.41, 5.74) is 0. The highest BCUT2D eigenvalue weighted by atomic mass is 16.5. The Kier molecular flexibility index (Phi) is 6.36. The Labute approximate surface area is 92.3 Å². The maximum Gasteiger partial charge on any atom is 0.101 e. The van der Waals surface area contributed by atoms with Gasteiger partial charge in [-0.15, -0.1) is 0 Å². The molecular formula is C11H22N2O2. The normalized spacial score (nSPS) is 15.9. The second-order valence-electron chi connectivity index (χ2n) is 3.43. The quantitative estimate of drug-likeness (QED) is 0.569. The van der Waals surface area contributed by atoms with Crippen LogP contribution in [-0.2, 0) is 9.47 Å². The average molecular weight is 214 g/mol. The van der Waals surface area contributed by atoms with Gasteiger partial charge < -0.3 is 14.4 Å². The number of aliphatic imine (C=N–C) groups is 1. The van der Waals surface area contributed by atoms with Crippen LogP contribution < -0.4 is 0 Å². The Morgan fingerprint density at radius 2 is 1.93 bits per heavy atom. The van der Waals surface area contributed by atoms with Gasteiger partial charge in [-0.1, -0.05) is 0 Å². The third-order valence-corrected chi connectivity index (χ3v) is 2.41. The van der Waals surface area contributed by atoms with Gasteiger partial charge >= 0.3 is 0 Å². The van der Waals surface area contributed by atoms with E-state index >= 15 is 0 Å². The van der Waals surface area contributed by atoms with Crippen molar-refractivity contribution in [3.8, 4) is 0 Å². The molecule has 88 valence electrons. The molecule has 0 amide bonds. The average Bonchev–Trinajstić information content (AvgIpc) is 2.67. The predicted molar refractivity (Wildman–Crippen MR) is 61.5 cm³/mol. The zero-order valence-corrected chi connectivity index (χ0v) is 9.87. The summed E-state index contributed by atoms with van der Waals surface area (Å²) in [5.74, 6) is 1.18. The smallest absolute Gasteiger partial charge is 0.101 e. The van der Waals surface area contributed by atoms with Crippen LogP contribution in [0.2, 0.25) is 0 Å². The number of hydrogen-bond acceptors (Lipinski definition) is 4. The molecule has 0 saturated carbocycles. The third-order valence-electron chi connectivity index (χ3n) is 2.41. The van der Waals surface area contributed by atoms with E-state index in [1.54, 1.807) is 0 Å². The lowest BCUT2D eigenvalue weighted by Crippen LogP contribution is -2.31. The van der Waals surface area contributed by atoms with E-state index in [1.165, 1.54) is 5.84 Å². The molecule has 0 aromatic heterocycles. The van der Waals surface area contributed by atoms with Crippen molar-refractivity contribution in [2.24, 2.45) is 4.99 Å². The Morgan fingerprint density at radius 1 is 1.20 bits per heavy atom. The van der Waals surface area contributed by atoms with E-state index in [1.807, 2.05) is 13.8 Å². The standard InChI is InChI=1S/C11H22N2O2/c1-3-14-9-5-11-12-6-7-13(11)8-10-15-4-2/h3-10H2,1-2H3. The molecule has 0 spiro atoms. The minimum Gasteiger partial charge on any atom is -0.381 e. The van der Waals surface area contributed by atoms with Gasteiger partial charge in [0.15, 0.2) is 0 Å². The fourth-order valence-corrected chi connectivity index (χ4v) is 1.63. The minimum absolute atomic E-state index is 0.778. The number of rotatable bonds is 8. The van der Waals surface area contributed by atoms with Crippen LogP contribution in [0.4, 0.5) is 0 Å². The van der Waals surface area contributed by atoms with Gasteiger partial charge in [-0.2, -0.15) is 0 Å². The Balaban J connectivity index is 2.17. The molecule has 0 aromatic carbocycles. The molecule has 0 N–H and O–H groups in total. The van der Waals surface area contributed by atoms with Crippen LogP contribution in [-0.4, -0.2) is 56.8 Å². The zero-order valence-electron chi connectivity index (χ0n) is 9.87. The molecule has 1 aliphatic heterocycles. The van der Waals surface area contributed by atoms with Crippen molar-refractivity contribution in [1.82, 2.24) is 4.90 Å². The molecular weight excluding hydrogens is 192 g/mol. The van der Waals surface area contributed by atoms with Gasteiger partial charge in [0.05, 0.1) is 19.8 Å². The molecule has 1 rings (SSSR count). The SMILES string of the molecule is CCOCCC1=NCCN1CCOCC. The molecule has 0 saturated heterocycles. The highest BCUT2D eigenvalue weighted by Gasteiger charge is 2.15. The van der Waals surface area contributed by atoms with Crippen LogP contribution >= 0.6 is 0 Å². The number of amidine groups is 1. The third kappa shape index (κ3) is 4.62. The first-order chi connectivity index (χ1) is 7.38. The lowest BCUT2D eigenvalue weighted by atomic mass is 10.3. The van der Waals surface area contributed by atoms with E-state index in [0.717, 1.165) is 52.5 Å². The molecule has 0 fully saturated rings.